The fourth-order valence-corrected chi connectivity index (χ4v) is 2.32. The summed E-state index contributed by atoms with van der Waals surface area (Å²) in [6.07, 6.45) is 0.587. The lowest BCUT2D eigenvalue weighted by molar-refractivity contribution is 0.0697. The summed E-state index contributed by atoms with van der Waals surface area (Å²) in [6, 6.07) is 9.40. The van der Waals surface area contributed by atoms with Crippen LogP contribution in [0.5, 0.6) is 0 Å². The van der Waals surface area contributed by atoms with E-state index in [0.717, 1.165) is 11.3 Å². The second-order valence-electron chi connectivity index (χ2n) is 5.61. The number of aromatic carboxylic acids is 1. The molecule has 0 saturated carbocycles. The number of carboxylic acids is 1. The van der Waals surface area contributed by atoms with Crippen LogP contribution in [0.3, 0.4) is 0 Å². The van der Waals surface area contributed by atoms with Crippen LogP contribution in [0.25, 0.3) is 0 Å². The van der Waals surface area contributed by atoms with Crippen LogP contribution in [0.1, 0.15) is 39.9 Å². The fraction of sp³-hybridized carbons (Fsp3) is 0.333. The molecule has 0 aliphatic heterocycles. The maximum atomic E-state index is 12.1. The molecule has 2 rings (SSSR count). The molecule has 1 aromatic heterocycles. The van der Waals surface area contributed by atoms with Gasteiger partial charge in [-0.25, -0.2) is 9.59 Å². The highest BCUT2D eigenvalue weighted by atomic mass is 16.5. The predicted octanol–water partition coefficient (Wildman–Crippen LogP) is 2.86. The van der Waals surface area contributed by atoms with Gasteiger partial charge < -0.3 is 24.9 Å². The topological polar surface area (TPSA) is 101 Å². The third-order valence-electron chi connectivity index (χ3n) is 3.67. The summed E-state index contributed by atoms with van der Waals surface area (Å²) < 4.78 is 10.7. The average molecular weight is 346 g/mol. The Morgan fingerprint density at radius 1 is 1.20 bits per heavy atom. The van der Waals surface area contributed by atoms with Crippen LogP contribution in [-0.4, -0.2) is 30.8 Å². The standard InChI is InChI=1S/C18H22N2O5/c1-12-3-8-16(25-12)15(9-10-24-2)20-18(23)19-11-13-4-6-14(7-5-13)17(21)22/h3-8,15H,9-11H2,1-2H3,(H,21,22)(H2,19,20,23). The Labute approximate surface area is 146 Å². The van der Waals surface area contributed by atoms with Crippen LogP contribution in [0.15, 0.2) is 40.8 Å². The lowest BCUT2D eigenvalue weighted by atomic mass is 10.1. The molecule has 3 N–H and O–H groups in total. The summed E-state index contributed by atoms with van der Waals surface area (Å²) in [5, 5.41) is 14.5. The quantitative estimate of drug-likeness (QED) is 0.682. The first-order valence-electron chi connectivity index (χ1n) is 7.91. The molecule has 1 aromatic carbocycles. The molecule has 0 spiro atoms. The van der Waals surface area contributed by atoms with Gasteiger partial charge in [-0.3, -0.25) is 0 Å². The molecule has 134 valence electrons. The lowest BCUT2D eigenvalue weighted by Crippen LogP contribution is -2.37. The van der Waals surface area contributed by atoms with Gasteiger partial charge in [0.2, 0.25) is 0 Å². The molecule has 1 atom stereocenters. The molecule has 0 saturated heterocycles. The zero-order valence-electron chi connectivity index (χ0n) is 14.2. The number of hydrogen-bond acceptors (Lipinski definition) is 4. The van der Waals surface area contributed by atoms with Gasteiger partial charge >= 0.3 is 12.0 Å². The van der Waals surface area contributed by atoms with Crippen LogP contribution >= 0.6 is 0 Å². The molecule has 7 nitrogen and oxygen atoms in total. The van der Waals surface area contributed by atoms with Gasteiger partial charge in [0, 0.05) is 20.3 Å². The molecule has 0 aliphatic carbocycles. The summed E-state index contributed by atoms with van der Waals surface area (Å²) >= 11 is 0. The Hall–Kier alpha value is -2.80. The molecular weight excluding hydrogens is 324 g/mol. The highest BCUT2D eigenvalue weighted by molar-refractivity contribution is 5.87. The van der Waals surface area contributed by atoms with Crippen molar-refractivity contribution in [2.24, 2.45) is 0 Å². The number of aryl methyl sites for hydroxylation is 1. The number of carboxylic acid groups (broad SMARTS) is 1. The number of nitrogens with one attached hydrogen (secondary N) is 2. The van der Waals surface area contributed by atoms with Gasteiger partial charge in [0.05, 0.1) is 11.6 Å². The molecular formula is C18H22N2O5. The average Bonchev–Trinajstić information content (AvgIpc) is 3.03. The molecule has 0 aliphatic rings. The van der Waals surface area contributed by atoms with Gasteiger partial charge in [-0.2, -0.15) is 0 Å². The van der Waals surface area contributed by atoms with Gasteiger partial charge in [-0.15, -0.1) is 0 Å². The second-order valence-corrected chi connectivity index (χ2v) is 5.61. The van der Waals surface area contributed by atoms with E-state index in [9.17, 15) is 9.59 Å². The monoisotopic (exact) mass is 346 g/mol. The van der Waals surface area contributed by atoms with Crippen molar-refractivity contribution in [2.75, 3.05) is 13.7 Å². The molecule has 2 amide bonds. The first-order valence-corrected chi connectivity index (χ1v) is 7.91. The Morgan fingerprint density at radius 3 is 2.48 bits per heavy atom. The van der Waals surface area contributed by atoms with Crippen molar-refractivity contribution in [3.63, 3.8) is 0 Å². The molecule has 2 aromatic rings. The summed E-state index contributed by atoms with van der Waals surface area (Å²) in [6.45, 7) is 2.62. The highest BCUT2D eigenvalue weighted by Gasteiger charge is 2.17. The van der Waals surface area contributed by atoms with E-state index < -0.39 is 5.97 Å². The minimum absolute atomic E-state index is 0.209. The van der Waals surface area contributed by atoms with E-state index in [1.54, 1.807) is 19.2 Å². The largest absolute Gasteiger partial charge is 0.478 e. The zero-order chi connectivity index (χ0) is 18.2. The van der Waals surface area contributed by atoms with Crippen LogP contribution in [-0.2, 0) is 11.3 Å². The van der Waals surface area contributed by atoms with Gasteiger partial charge in [0.1, 0.15) is 11.5 Å². The van der Waals surface area contributed by atoms with E-state index in [2.05, 4.69) is 10.6 Å². The minimum atomic E-state index is -0.980. The number of methoxy groups -OCH3 is 1. The molecule has 25 heavy (non-hydrogen) atoms. The van der Waals surface area contributed by atoms with E-state index >= 15 is 0 Å². The first-order chi connectivity index (χ1) is 12.0. The van der Waals surface area contributed by atoms with E-state index in [4.69, 9.17) is 14.3 Å². The Bertz CT molecular complexity index is 709. The number of urea groups is 1. The second kappa shape index (κ2) is 8.89. The van der Waals surface area contributed by atoms with Crippen molar-refractivity contribution >= 4 is 12.0 Å². The normalized spacial score (nSPS) is 11.8. The molecule has 1 heterocycles. The molecule has 0 fully saturated rings. The van der Waals surface area contributed by atoms with Crippen molar-refractivity contribution in [2.45, 2.75) is 25.9 Å². The number of hydrogen-bond donors (Lipinski definition) is 3. The summed E-state index contributed by atoms with van der Waals surface area (Å²) in [5.74, 6) is 0.473. The third kappa shape index (κ3) is 5.65. The molecule has 7 heteroatoms. The Balaban J connectivity index is 1.90. The fourth-order valence-electron chi connectivity index (χ4n) is 2.32. The van der Waals surface area contributed by atoms with Crippen molar-refractivity contribution in [3.05, 3.63) is 59.0 Å². The summed E-state index contributed by atoms with van der Waals surface area (Å²) in [7, 11) is 1.60. The molecule has 0 bridgehead atoms. The van der Waals surface area contributed by atoms with Crippen molar-refractivity contribution in [1.29, 1.82) is 0 Å². The predicted molar refractivity (Wildman–Crippen MR) is 91.5 cm³/mol. The van der Waals surface area contributed by atoms with Crippen molar-refractivity contribution < 1.29 is 23.8 Å². The number of benzene rings is 1. The summed E-state index contributed by atoms with van der Waals surface area (Å²) in [5.41, 5.74) is 1.02. The number of carbonyl (C=O) groups excluding carboxylic acids is 1. The molecule has 0 radical (unpaired) electrons. The van der Waals surface area contributed by atoms with Gasteiger partial charge in [0.15, 0.2) is 0 Å². The van der Waals surface area contributed by atoms with Crippen molar-refractivity contribution in [1.82, 2.24) is 10.6 Å². The number of ether oxygens (including phenoxy) is 1. The lowest BCUT2D eigenvalue weighted by Gasteiger charge is -2.17. The van der Waals surface area contributed by atoms with Crippen LogP contribution in [0.2, 0.25) is 0 Å². The maximum Gasteiger partial charge on any atom is 0.335 e. The van der Waals surface area contributed by atoms with E-state index in [1.807, 2.05) is 19.1 Å². The Kier molecular flexibility index (Phi) is 6.59. The van der Waals surface area contributed by atoms with Gasteiger partial charge in [-0.05, 0) is 43.2 Å². The van der Waals surface area contributed by atoms with Crippen LogP contribution < -0.4 is 10.6 Å². The number of furan rings is 1. The van der Waals surface area contributed by atoms with E-state index in [0.29, 0.717) is 25.3 Å². The highest BCUT2D eigenvalue weighted by Crippen LogP contribution is 2.19. The third-order valence-corrected chi connectivity index (χ3v) is 3.67. The number of rotatable bonds is 8. The van der Waals surface area contributed by atoms with Crippen molar-refractivity contribution in [3.8, 4) is 0 Å². The summed E-state index contributed by atoms with van der Waals surface area (Å²) in [4.78, 5) is 23.0. The van der Waals surface area contributed by atoms with Crippen LogP contribution in [0.4, 0.5) is 4.79 Å². The number of amides is 2. The zero-order valence-corrected chi connectivity index (χ0v) is 14.2. The van der Waals surface area contributed by atoms with E-state index in [1.165, 1.54) is 12.1 Å². The Morgan fingerprint density at radius 2 is 1.92 bits per heavy atom. The van der Waals surface area contributed by atoms with Crippen LogP contribution in [0, 0.1) is 6.92 Å². The SMILES string of the molecule is COCCC(NC(=O)NCc1ccc(C(=O)O)cc1)c1ccc(C)o1. The number of carbonyl (C=O) groups is 2. The van der Waals surface area contributed by atoms with Gasteiger partial charge in [-0.1, -0.05) is 12.1 Å². The molecule has 1 unspecified atom stereocenters. The smallest absolute Gasteiger partial charge is 0.335 e. The minimum Gasteiger partial charge on any atom is -0.478 e. The maximum absolute atomic E-state index is 12.1. The van der Waals surface area contributed by atoms with E-state index in [-0.39, 0.29) is 17.6 Å². The first kappa shape index (κ1) is 18.5. The van der Waals surface area contributed by atoms with Gasteiger partial charge in [0.25, 0.3) is 0 Å².